The Balaban J connectivity index is 0.000000752. The molecule has 5 aliphatic rings. The summed E-state index contributed by atoms with van der Waals surface area (Å²) >= 11 is 0. The first-order valence-electron chi connectivity index (χ1n) is 16.8. The van der Waals surface area contributed by atoms with E-state index in [-0.39, 0.29) is 0 Å². The maximum atomic E-state index is 8.74. The lowest BCUT2D eigenvalue weighted by Gasteiger charge is -2.17. The summed E-state index contributed by atoms with van der Waals surface area (Å²) in [5.74, 6) is 0. The molecule has 9 rings (SSSR count). The summed E-state index contributed by atoms with van der Waals surface area (Å²) < 4.78 is 31.6. The summed E-state index contributed by atoms with van der Waals surface area (Å²) in [6, 6.07) is 42.1. The van der Waals surface area contributed by atoms with Crippen molar-refractivity contribution in [1.82, 2.24) is 0 Å². The summed E-state index contributed by atoms with van der Waals surface area (Å²) in [5, 5.41) is 0. The van der Waals surface area contributed by atoms with E-state index < -0.39 is 10.4 Å². The van der Waals surface area contributed by atoms with Crippen LogP contribution in [0.25, 0.3) is 22.3 Å². The molecule has 0 unspecified atom stereocenters. The molecule has 9 heteroatoms. The molecule has 0 saturated carbocycles. The van der Waals surface area contributed by atoms with Gasteiger partial charge in [-0.3, -0.25) is 9.11 Å². The standard InChI is InChI=1S/C44H28N4.H2O4S/c1-5-13-29(14-6-1)38-27-37-26-35-22-21-33(45-35)25-34-23-24-36(46-34)28-39-40(30-15-7-2-8-16-30)41(31-17-9-3-10-18-31)44(48-39)42(43(38)47-37)32-19-11-4-12-20-32;1-5(2,3)4/h1-28H;(H2,1,2,3,4). The predicted molar refractivity (Wildman–Crippen MR) is 214 cm³/mol. The highest BCUT2D eigenvalue weighted by Gasteiger charge is 2.32. The van der Waals surface area contributed by atoms with Gasteiger partial charge in [-0.25, -0.2) is 20.0 Å². The molecular formula is C44H30N4O4S. The van der Waals surface area contributed by atoms with Crippen molar-refractivity contribution in [1.29, 1.82) is 0 Å². The number of hydrogen-bond donors (Lipinski definition) is 2. The van der Waals surface area contributed by atoms with Gasteiger partial charge in [0.15, 0.2) is 0 Å². The number of hydrogen-bond acceptors (Lipinski definition) is 6. The van der Waals surface area contributed by atoms with Gasteiger partial charge in [0.25, 0.3) is 0 Å². The SMILES string of the molecule is C1=CC2=NC1=CC1=NC(=C(c3ccccc3)C3=NC(=CC4=NC(=C2)C=C4)C=C3c2ccccc2)C(c2ccccc2)=C1c1ccccc1.O=S(=O)(O)O. The van der Waals surface area contributed by atoms with Gasteiger partial charge in [-0.15, -0.1) is 0 Å². The Morgan fingerprint density at radius 2 is 0.849 bits per heavy atom. The van der Waals surface area contributed by atoms with Crippen LogP contribution in [0, 0.1) is 0 Å². The van der Waals surface area contributed by atoms with Gasteiger partial charge >= 0.3 is 10.4 Å². The molecule has 5 heterocycles. The summed E-state index contributed by atoms with van der Waals surface area (Å²) in [5.41, 5.74) is 15.3. The molecule has 0 fully saturated rings. The molecule has 8 bridgehead atoms. The molecule has 0 saturated heterocycles. The van der Waals surface area contributed by atoms with Crippen molar-refractivity contribution in [3.63, 3.8) is 0 Å². The fraction of sp³-hybridized carbons (Fsp3) is 0. The van der Waals surface area contributed by atoms with Gasteiger partial charge in [-0.1, -0.05) is 121 Å². The normalized spacial score (nSPS) is 17.2. The maximum Gasteiger partial charge on any atom is 0.394 e. The Kier molecular flexibility index (Phi) is 8.95. The summed E-state index contributed by atoms with van der Waals surface area (Å²) in [4.78, 5) is 20.8. The van der Waals surface area contributed by atoms with Crippen LogP contribution in [-0.4, -0.2) is 40.4 Å². The Morgan fingerprint density at radius 3 is 1.38 bits per heavy atom. The second kappa shape index (κ2) is 14.2. The quantitative estimate of drug-likeness (QED) is 0.205. The third-order valence-electron chi connectivity index (χ3n) is 8.75. The Morgan fingerprint density at radius 1 is 0.415 bits per heavy atom. The van der Waals surface area contributed by atoms with E-state index in [9.17, 15) is 0 Å². The minimum absolute atomic E-state index is 0.839. The number of fused-ring (bicyclic) bond motifs is 4. The van der Waals surface area contributed by atoms with Gasteiger partial charge in [0.1, 0.15) is 0 Å². The molecule has 53 heavy (non-hydrogen) atoms. The lowest BCUT2D eigenvalue weighted by atomic mass is 9.86. The van der Waals surface area contributed by atoms with Crippen LogP contribution in [0.5, 0.6) is 0 Å². The van der Waals surface area contributed by atoms with Gasteiger partial charge in [0, 0.05) is 22.3 Å². The Labute approximate surface area is 307 Å². The van der Waals surface area contributed by atoms with Crippen molar-refractivity contribution in [3.05, 3.63) is 215 Å². The first-order chi connectivity index (χ1) is 25.8. The second-order valence-corrected chi connectivity index (χ2v) is 13.2. The third-order valence-corrected chi connectivity index (χ3v) is 8.75. The molecule has 0 radical (unpaired) electrons. The van der Waals surface area contributed by atoms with Crippen LogP contribution in [0.3, 0.4) is 0 Å². The van der Waals surface area contributed by atoms with E-state index in [0.717, 1.165) is 90.2 Å². The van der Waals surface area contributed by atoms with Crippen LogP contribution in [0.2, 0.25) is 0 Å². The first-order valence-corrected chi connectivity index (χ1v) is 18.2. The highest BCUT2D eigenvalue weighted by atomic mass is 32.3. The Hall–Kier alpha value is -6.65. The molecule has 8 nitrogen and oxygen atoms in total. The predicted octanol–water partition coefficient (Wildman–Crippen LogP) is 9.04. The minimum Gasteiger partial charge on any atom is -0.264 e. The van der Waals surface area contributed by atoms with Crippen molar-refractivity contribution in [2.45, 2.75) is 0 Å². The smallest absolute Gasteiger partial charge is 0.264 e. The fourth-order valence-corrected chi connectivity index (χ4v) is 6.63. The zero-order valence-electron chi connectivity index (χ0n) is 28.1. The maximum absolute atomic E-state index is 8.74. The van der Waals surface area contributed by atoms with Crippen LogP contribution < -0.4 is 0 Å². The average Bonchev–Trinajstić information content (AvgIpc) is 3.97. The Bertz CT molecular complexity index is 2630. The van der Waals surface area contributed by atoms with E-state index in [1.54, 1.807) is 0 Å². The van der Waals surface area contributed by atoms with Crippen LogP contribution in [0.15, 0.2) is 213 Å². The lowest BCUT2D eigenvalue weighted by molar-refractivity contribution is 0.381. The monoisotopic (exact) mass is 710 g/mol. The largest absolute Gasteiger partial charge is 0.394 e. The van der Waals surface area contributed by atoms with Crippen molar-refractivity contribution >= 4 is 55.5 Å². The first kappa shape index (κ1) is 33.5. The van der Waals surface area contributed by atoms with E-state index in [2.05, 4.69) is 133 Å². The summed E-state index contributed by atoms with van der Waals surface area (Å²) in [6.07, 6.45) is 16.5. The van der Waals surface area contributed by atoms with Crippen LogP contribution in [0.4, 0.5) is 0 Å². The number of aliphatic imine (C=N–C) groups is 4. The molecule has 2 N–H and O–H groups in total. The zero-order valence-corrected chi connectivity index (χ0v) is 28.9. The van der Waals surface area contributed by atoms with Gasteiger partial charge in [0.05, 0.1) is 45.6 Å². The molecule has 0 aromatic heterocycles. The molecule has 0 spiro atoms. The molecule has 5 aliphatic heterocycles. The molecule has 0 aliphatic carbocycles. The molecule has 4 aromatic rings. The highest BCUT2D eigenvalue weighted by molar-refractivity contribution is 7.79. The molecule has 4 aromatic carbocycles. The van der Waals surface area contributed by atoms with Gasteiger partial charge in [0.2, 0.25) is 0 Å². The summed E-state index contributed by atoms with van der Waals surface area (Å²) in [6.45, 7) is 0. The van der Waals surface area contributed by atoms with E-state index in [1.165, 1.54) is 0 Å². The van der Waals surface area contributed by atoms with Crippen molar-refractivity contribution in [3.8, 4) is 0 Å². The molecular weight excluding hydrogens is 681 g/mol. The number of rotatable bonds is 4. The topological polar surface area (TPSA) is 124 Å². The molecule has 256 valence electrons. The highest BCUT2D eigenvalue weighted by Crippen LogP contribution is 2.46. The number of benzene rings is 4. The van der Waals surface area contributed by atoms with E-state index in [0.29, 0.717) is 0 Å². The fourth-order valence-electron chi connectivity index (χ4n) is 6.63. The molecule has 0 amide bonds. The minimum atomic E-state index is -4.67. The van der Waals surface area contributed by atoms with Gasteiger partial charge < -0.3 is 0 Å². The van der Waals surface area contributed by atoms with Crippen LogP contribution >= 0.6 is 0 Å². The van der Waals surface area contributed by atoms with Gasteiger partial charge in [-0.2, -0.15) is 8.42 Å². The van der Waals surface area contributed by atoms with Crippen molar-refractivity contribution in [2.75, 3.05) is 0 Å². The average molecular weight is 711 g/mol. The van der Waals surface area contributed by atoms with Crippen LogP contribution in [-0.2, 0) is 10.4 Å². The summed E-state index contributed by atoms with van der Waals surface area (Å²) in [7, 11) is -4.67. The number of nitrogens with zero attached hydrogens (tertiary/aromatic N) is 4. The van der Waals surface area contributed by atoms with E-state index in [1.807, 2.05) is 36.4 Å². The van der Waals surface area contributed by atoms with Gasteiger partial charge in [-0.05, 0) is 70.9 Å². The van der Waals surface area contributed by atoms with Crippen molar-refractivity contribution in [2.24, 2.45) is 20.0 Å². The zero-order chi connectivity index (χ0) is 36.4. The van der Waals surface area contributed by atoms with Crippen molar-refractivity contribution < 1.29 is 17.5 Å². The third kappa shape index (κ3) is 7.40. The molecule has 0 atom stereocenters. The van der Waals surface area contributed by atoms with E-state index in [4.69, 9.17) is 37.5 Å². The second-order valence-electron chi connectivity index (χ2n) is 12.3. The van der Waals surface area contributed by atoms with E-state index >= 15 is 0 Å². The lowest BCUT2D eigenvalue weighted by Crippen LogP contribution is -2.07. The van der Waals surface area contributed by atoms with Crippen LogP contribution in [0.1, 0.15) is 22.3 Å². The number of allylic oxidation sites excluding steroid dienone is 12.